The van der Waals surface area contributed by atoms with E-state index in [0.717, 1.165) is 25.9 Å². The summed E-state index contributed by atoms with van der Waals surface area (Å²) in [5, 5.41) is 8.89. The van der Waals surface area contributed by atoms with E-state index in [1.807, 2.05) is 4.90 Å². The van der Waals surface area contributed by atoms with E-state index in [2.05, 4.69) is 4.98 Å². The summed E-state index contributed by atoms with van der Waals surface area (Å²) in [5.41, 5.74) is 6.14. The molecular weight excluding hydrogens is 206 g/mol. The largest absolute Gasteiger partial charge is 0.478 e. The minimum Gasteiger partial charge on any atom is -0.478 e. The molecule has 2 heterocycles. The molecule has 1 saturated heterocycles. The van der Waals surface area contributed by atoms with Crippen molar-refractivity contribution in [1.29, 1.82) is 0 Å². The zero-order valence-corrected chi connectivity index (χ0v) is 8.97. The quantitative estimate of drug-likeness (QED) is 0.768. The molecule has 0 saturated carbocycles. The molecule has 0 aliphatic carbocycles. The number of hydrogen-bond acceptors (Lipinski definition) is 4. The van der Waals surface area contributed by atoms with E-state index in [0.29, 0.717) is 5.82 Å². The van der Waals surface area contributed by atoms with Gasteiger partial charge in [0.2, 0.25) is 0 Å². The van der Waals surface area contributed by atoms with Crippen LogP contribution in [0, 0.1) is 0 Å². The number of carboxylic acid groups (broad SMARTS) is 1. The van der Waals surface area contributed by atoms with Gasteiger partial charge in [0, 0.05) is 25.3 Å². The average molecular weight is 221 g/mol. The average Bonchev–Trinajstić information content (AvgIpc) is 2.29. The molecule has 0 unspecified atom stereocenters. The third-order valence-electron chi connectivity index (χ3n) is 2.77. The summed E-state index contributed by atoms with van der Waals surface area (Å²) in [7, 11) is 0. The maximum Gasteiger partial charge on any atom is 0.335 e. The number of piperidine rings is 1. The number of rotatable bonds is 2. The van der Waals surface area contributed by atoms with E-state index in [1.54, 1.807) is 6.07 Å². The number of carbonyl (C=O) groups is 1. The van der Waals surface area contributed by atoms with Crippen molar-refractivity contribution in [2.45, 2.75) is 18.9 Å². The van der Waals surface area contributed by atoms with Crippen LogP contribution in [0.3, 0.4) is 0 Å². The predicted octanol–water partition coefficient (Wildman–Crippen LogP) is 0.707. The van der Waals surface area contributed by atoms with Gasteiger partial charge in [0.25, 0.3) is 0 Å². The van der Waals surface area contributed by atoms with Gasteiger partial charge in [-0.05, 0) is 25.0 Å². The Balaban J connectivity index is 2.19. The second kappa shape index (κ2) is 4.49. The molecule has 1 aromatic rings. The van der Waals surface area contributed by atoms with Gasteiger partial charge in [0.05, 0.1) is 5.56 Å². The monoisotopic (exact) mass is 221 g/mol. The molecule has 1 aliphatic rings. The maximum atomic E-state index is 10.8. The highest BCUT2D eigenvalue weighted by molar-refractivity contribution is 5.88. The Kier molecular flexibility index (Phi) is 3.05. The summed E-state index contributed by atoms with van der Waals surface area (Å²) in [5.74, 6) is -0.222. The van der Waals surface area contributed by atoms with Crippen molar-refractivity contribution in [2.24, 2.45) is 5.73 Å². The number of pyridine rings is 1. The standard InChI is InChI=1S/C11H15N3O2/c12-9-2-1-5-14(7-9)10-6-8(11(15)16)3-4-13-10/h3-4,6,9H,1-2,5,7,12H2,(H,15,16)/t9-/m1/s1. The lowest BCUT2D eigenvalue weighted by Gasteiger charge is -2.31. The van der Waals surface area contributed by atoms with E-state index in [9.17, 15) is 4.79 Å². The van der Waals surface area contributed by atoms with Gasteiger partial charge < -0.3 is 15.7 Å². The van der Waals surface area contributed by atoms with E-state index in [1.165, 1.54) is 12.3 Å². The highest BCUT2D eigenvalue weighted by Crippen LogP contribution is 2.17. The first-order chi connectivity index (χ1) is 7.66. The Labute approximate surface area is 93.9 Å². The van der Waals surface area contributed by atoms with Crippen molar-refractivity contribution in [3.05, 3.63) is 23.9 Å². The Bertz CT molecular complexity index is 395. The summed E-state index contributed by atoms with van der Waals surface area (Å²) in [6.45, 7) is 1.64. The number of anilines is 1. The molecular formula is C11H15N3O2. The van der Waals surface area contributed by atoms with Crippen molar-refractivity contribution in [3.63, 3.8) is 0 Å². The highest BCUT2D eigenvalue weighted by atomic mass is 16.4. The van der Waals surface area contributed by atoms with Crippen molar-refractivity contribution < 1.29 is 9.90 Å². The molecule has 3 N–H and O–H groups in total. The minimum absolute atomic E-state index is 0.157. The first-order valence-corrected chi connectivity index (χ1v) is 5.36. The van der Waals surface area contributed by atoms with Gasteiger partial charge in [-0.3, -0.25) is 0 Å². The SMILES string of the molecule is N[C@@H]1CCCN(c2cc(C(=O)O)ccn2)C1. The van der Waals surface area contributed by atoms with Crippen LogP contribution in [-0.4, -0.2) is 35.2 Å². The Hall–Kier alpha value is -1.62. The van der Waals surface area contributed by atoms with Crippen LogP contribution in [0.4, 0.5) is 5.82 Å². The number of carboxylic acids is 1. The van der Waals surface area contributed by atoms with Gasteiger partial charge >= 0.3 is 5.97 Å². The molecule has 1 fully saturated rings. The van der Waals surface area contributed by atoms with Crippen molar-refractivity contribution in [2.75, 3.05) is 18.0 Å². The molecule has 0 spiro atoms. The predicted molar refractivity (Wildman–Crippen MR) is 60.6 cm³/mol. The third-order valence-corrected chi connectivity index (χ3v) is 2.77. The summed E-state index contributed by atoms with van der Waals surface area (Å²) in [6.07, 6.45) is 3.58. The molecule has 0 radical (unpaired) electrons. The van der Waals surface area contributed by atoms with E-state index in [-0.39, 0.29) is 11.6 Å². The van der Waals surface area contributed by atoms with Gasteiger partial charge in [-0.25, -0.2) is 9.78 Å². The van der Waals surface area contributed by atoms with Crippen LogP contribution in [0.1, 0.15) is 23.2 Å². The lowest BCUT2D eigenvalue weighted by molar-refractivity contribution is 0.0697. The lowest BCUT2D eigenvalue weighted by atomic mass is 10.1. The normalized spacial score (nSPS) is 20.8. The molecule has 0 bridgehead atoms. The van der Waals surface area contributed by atoms with Gasteiger partial charge in [-0.15, -0.1) is 0 Å². The summed E-state index contributed by atoms with van der Waals surface area (Å²) >= 11 is 0. The van der Waals surface area contributed by atoms with Crippen LogP contribution >= 0.6 is 0 Å². The van der Waals surface area contributed by atoms with Gasteiger partial charge in [-0.1, -0.05) is 0 Å². The Morgan fingerprint density at radius 3 is 3.12 bits per heavy atom. The van der Waals surface area contributed by atoms with Crippen LogP contribution in [0.5, 0.6) is 0 Å². The van der Waals surface area contributed by atoms with Crippen LogP contribution in [-0.2, 0) is 0 Å². The molecule has 0 amide bonds. The number of nitrogens with zero attached hydrogens (tertiary/aromatic N) is 2. The van der Waals surface area contributed by atoms with Crippen LogP contribution in [0.2, 0.25) is 0 Å². The van der Waals surface area contributed by atoms with Crippen LogP contribution < -0.4 is 10.6 Å². The topological polar surface area (TPSA) is 79.5 Å². The molecule has 2 rings (SSSR count). The summed E-state index contributed by atoms with van der Waals surface area (Å²) in [4.78, 5) is 17.1. The fraction of sp³-hybridized carbons (Fsp3) is 0.455. The van der Waals surface area contributed by atoms with Gasteiger partial charge in [0.15, 0.2) is 0 Å². The summed E-state index contributed by atoms with van der Waals surface area (Å²) in [6, 6.07) is 3.25. The number of hydrogen-bond donors (Lipinski definition) is 2. The van der Waals surface area contributed by atoms with E-state index < -0.39 is 5.97 Å². The second-order valence-electron chi connectivity index (χ2n) is 4.06. The number of nitrogens with two attached hydrogens (primary N) is 1. The van der Waals surface area contributed by atoms with Crippen molar-refractivity contribution in [3.8, 4) is 0 Å². The zero-order valence-electron chi connectivity index (χ0n) is 8.97. The van der Waals surface area contributed by atoms with Crippen LogP contribution in [0.25, 0.3) is 0 Å². The molecule has 16 heavy (non-hydrogen) atoms. The first kappa shape index (κ1) is 10.9. The molecule has 1 atom stereocenters. The van der Waals surface area contributed by atoms with Crippen molar-refractivity contribution in [1.82, 2.24) is 4.98 Å². The lowest BCUT2D eigenvalue weighted by Crippen LogP contribution is -2.43. The fourth-order valence-corrected chi connectivity index (χ4v) is 1.94. The van der Waals surface area contributed by atoms with Gasteiger partial charge in [-0.2, -0.15) is 0 Å². The molecule has 1 aliphatic heterocycles. The Morgan fingerprint density at radius 2 is 2.44 bits per heavy atom. The number of aromatic nitrogens is 1. The Morgan fingerprint density at radius 1 is 1.62 bits per heavy atom. The molecule has 86 valence electrons. The molecule has 0 aromatic carbocycles. The maximum absolute atomic E-state index is 10.8. The van der Waals surface area contributed by atoms with Crippen LogP contribution in [0.15, 0.2) is 18.3 Å². The second-order valence-corrected chi connectivity index (χ2v) is 4.06. The molecule has 5 nitrogen and oxygen atoms in total. The first-order valence-electron chi connectivity index (χ1n) is 5.36. The highest BCUT2D eigenvalue weighted by Gasteiger charge is 2.18. The van der Waals surface area contributed by atoms with Gasteiger partial charge in [0.1, 0.15) is 5.82 Å². The van der Waals surface area contributed by atoms with E-state index >= 15 is 0 Å². The summed E-state index contributed by atoms with van der Waals surface area (Å²) < 4.78 is 0. The third kappa shape index (κ3) is 2.30. The fourth-order valence-electron chi connectivity index (χ4n) is 1.94. The number of aromatic carboxylic acids is 1. The minimum atomic E-state index is -0.926. The zero-order chi connectivity index (χ0) is 11.5. The van der Waals surface area contributed by atoms with E-state index in [4.69, 9.17) is 10.8 Å². The molecule has 1 aromatic heterocycles. The smallest absolute Gasteiger partial charge is 0.335 e. The van der Waals surface area contributed by atoms with Crippen molar-refractivity contribution >= 4 is 11.8 Å². The molecule has 5 heteroatoms.